The van der Waals surface area contributed by atoms with Crippen molar-refractivity contribution in [3.05, 3.63) is 107 Å². The summed E-state index contributed by atoms with van der Waals surface area (Å²) in [5.41, 5.74) is 1.62. The summed E-state index contributed by atoms with van der Waals surface area (Å²) in [6, 6.07) is 25.9. The van der Waals surface area contributed by atoms with Gasteiger partial charge in [0, 0.05) is 31.6 Å². The zero-order chi connectivity index (χ0) is 51.1. The number of likely N-dealkylation sites (tertiary alicyclic amines) is 1. The average Bonchev–Trinajstić information content (AvgIpc) is 3.79. The smallest absolute Gasteiger partial charge is 0.259 e. The Morgan fingerprint density at radius 1 is 0.718 bits per heavy atom. The molecule has 13 nitrogen and oxygen atoms in total. The van der Waals surface area contributed by atoms with Crippen LogP contribution in [0.1, 0.15) is 148 Å². The summed E-state index contributed by atoms with van der Waals surface area (Å²) < 4.78 is 45.5. The molecule has 2 amide bonds. The number of hydrogen-bond donors (Lipinski definition) is 1. The number of rotatable bonds is 38. The third kappa shape index (κ3) is 20.4. The van der Waals surface area contributed by atoms with Gasteiger partial charge in [-0.3, -0.25) is 9.59 Å². The van der Waals surface area contributed by atoms with E-state index in [1.165, 1.54) is 70.6 Å². The lowest BCUT2D eigenvalue weighted by atomic mass is 9.79. The lowest BCUT2D eigenvalue weighted by Gasteiger charge is -2.38. The van der Waals surface area contributed by atoms with Crippen LogP contribution in [-0.4, -0.2) is 119 Å². The molecule has 0 bridgehead atoms. The zero-order valence-corrected chi connectivity index (χ0v) is 45.1. The van der Waals surface area contributed by atoms with E-state index in [0.29, 0.717) is 32.5 Å². The van der Waals surface area contributed by atoms with Crippen molar-refractivity contribution in [2.75, 3.05) is 73.5 Å². The first-order chi connectivity index (χ1) is 34.6. The van der Waals surface area contributed by atoms with Crippen LogP contribution in [0.15, 0.2) is 78.9 Å². The van der Waals surface area contributed by atoms with Gasteiger partial charge in [-0.05, 0) is 81.5 Å². The van der Waals surface area contributed by atoms with E-state index in [4.69, 9.17) is 39.3 Å². The number of methoxy groups -OCH3 is 2. The van der Waals surface area contributed by atoms with Gasteiger partial charge in [-0.2, -0.15) is 0 Å². The maximum atomic E-state index is 14.3. The SMILES string of the molecule is [C-]#[N+]CCOP(OC[C@@H]1C[C@@H](OC(c2ccccc2)(c2ccc(OC)cc2)c2ccc(OC)cc2)CN1C(=O)COCCOCCNC(=O)CCCCCCCCCCCCCCC)N(C(C)C)C(C)C. The van der Waals surface area contributed by atoms with Crippen LogP contribution < -0.4 is 14.8 Å². The van der Waals surface area contributed by atoms with Crippen LogP contribution in [-0.2, 0) is 38.4 Å². The van der Waals surface area contributed by atoms with Crippen molar-refractivity contribution in [1.29, 1.82) is 0 Å². The molecule has 0 radical (unpaired) electrons. The molecule has 1 fully saturated rings. The number of hydrogen-bond acceptors (Lipinski definition) is 10. The van der Waals surface area contributed by atoms with E-state index in [-0.39, 0.29) is 69.5 Å². The van der Waals surface area contributed by atoms with Crippen molar-refractivity contribution < 1.29 is 42.3 Å². The molecule has 3 atom stereocenters. The number of nitrogens with one attached hydrogen (secondary N) is 1. The molecule has 0 spiro atoms. The van der Waals surface area contributed by atoms with Crippen molar-refractivity contribution in [2.24, 2.45) is 0 Å². The molecule has 4 rings (SSSR count). The Labute approximate surface area is 428 Å². The van der Waals surface area contributed by atoms with Crippen molar-refractivity contribution in [3.8, 4) is 11.5 Å². The third-order valence-corrected chi connectivity index (χ3v) is 15.0. The molecule has 3 aromatic carbocycles. The van der Waals surface area contributed by atoms with Crippen molar-refractivity contribution in [1.82, 2.24) is 14.9 Å². The quantitative estimate of drug-likeness (QED) is 0.0257. The Kier molecular flexibility index (Phi) is 28.7. The van der Waals surface area contributed by atoms with Gasteiger partial charge in [0.15, 0.2) is 0 Å². The van der Waals surface area contributed by atoms with E-state index in [2.05, 4.69) is 61.6 Å². The molecule has 3 aromatic rings. The van der Waals surface area contributed by atoms with Gasteiger partial charge in [0.2, 0.25) is 18.4 Å². The maximum Gasteiger partial charge on any atom is 0.259 e. The highest BCUT2D eigenvalue weighted by molar-refractivity contribution is 7.44. The van der Waals surface area contributed by atoms with E-state index >= 15 is 0 Å². The summed E-state index contributed by atoms with van der Waals surface area (Å²) in [6.45, 7) is 20.1. The molecular weight excluding hydrogens is 916 g/mol. The highest BCUT2D eigenvalue weighted by Gasteiger charge is 2.45. The summed E-state index contributed by atoms with van der Waals surface area (Å²) in [5, 5.41) is 2.97. The lowest BCUT2D eigenvalue weighted by molar-refractivity contribution is -0.139. The fraction of sp³-hybridized carbons (Fsp3) is 0.632. The van der Waals surface area contributed by atoms with Gasteiger partial charge in [-0.15, -0.1) is 0 Å². The molecular formula is C57H87N4O9P. The van der Waals surface area contributed by atoms with Crippen molar-refractivity contribution >= 4 is 20.3 Å². The van der Waals surface area contributed by atoms with Gasteiger partial charge in [-0.1, -0.05) is 139 Å². The normalized spacial score (nSPS) is 15.4. The molecule has 0 aliphatic carbocycles. The van der Waals surface area contributed by atoms with Crippen LogP contribution in [0, 0.1) is 6.57 Å². The predicted octanol–water partition coefficient (Wildman–Crippen LogP) is 11.9. The fourth-order valence-electron chi connectivity index (χ4n) is 9.28. The van der Waals surface area contributed by atoms with Gasteiger partial charge < -0.3 is 47.8 Å². The Bertz CT molecular complexity index is 1880. The number of carbonyl (C=O) groups is 2. The number of nitrogens with zero attached hydrogens (tertiary/aromatic N) is 3. The Balaban J connectivity index is 1.37. The van der Waals surface area contributed by atoms with Crippen LogP contribution in [0.2, 0.25) is 0 Å². The Morgan fingerprint density at radius 3 is 1.79 bits per heavy atom. The Hall–Kier alpha value is -4.12. The summed E-state index contributed by atoms with van der Waals surface area (Å²) in [4.78, 5) is 32.0. The number of carbonyl (C=O) groups excluding carboxylic acids is 2. The molecule has 1 saturated heterocycles. The standard InChI is InChI=1S/C57H87N4O9P/c1-9-10-11-12-13-14-15-16-17-18-19-20-24-27-55(62)59-37-38-66-40-41-67-45-56(63)60-43-54(42-51(60)44-69-71(68-39-36-58-6)61(46(2)3)47(4)5)70-57(48-25-22-21-23-26-48,49-28-32-52(64-7)33-29-49)50-30-34-53(65-8)35-31-50/h21-23,25-26,28-35,46-47,51,54H,9-20,24,27,36-45H2,1-5,7-8H3,(H,59,62)/t51-,54+,71?/m0/s1. The first-order valence-corrected chi connectivity index (χ1v) is 27.6. The number of unbranched alkanes of at least 4 members (excludes halogenated alkanes) is 12. The lowest BCUT2D eigenvalue weighted by Crippen LogP contribution is -2.42. The second-order valence-electron chi connectivity index (χ2n) is 19.0. The van der Waals surface area contributed by atoms with Gasteiger partial charge in [0.05, 0.1) is 52.8 Å². The van der Waals surface area contributed by atoms with Crippen LogP contribution in [0.5, 0.6) is 11.5 Å². The van der Waals surface area contributed by atoms with Crippen LogP contribution in [0.4, 0.5) is 0 Å². The number of amides is 2. The molecule has 1 N–H and O–H groups in total. The molecule has 1 aliphatic heterocycles. The average molecular weight is 1000 g/mol. The maximum absolute atomic E-state index is 14.3. The summed E-state index contributed by atoms with van der Waals surface area (Å²) in [6.07, 6.45) is 17.2. The van der Waals surface area contributed by atoms with E-state index < -0.39 is 20.2 Å². The van der Waals surface area contributed by atoms with Crippen LogP contribution >= 0.6 is 8.53 Å². The molecule has 0 aromatic heterocycles. The monoisotopic (exact) mass is 1000 g/mol. The zero-order valence-electron chi connectivity index (χ0n) is 44.2. The second kappa shape index (κ2) is 34.3. The minimum atomic E-state index is -1.55. The number of ether oxygens (including phenoxy) is 5. The van der Waals surface area contributed by atoms with Gasteiger partial charge in [0.1, 0.15) is 30.3 Å². The first-order valence-electron chi connectivity index (χ1n) is 26.5. The molecule has 14 heteroatoms. The summed E-state index contributed by atoms with van der Waals surface area (Å²) >= 11 is 0. The van der Waals surface area contributed by atoms with Crippen molar-refractivity contribution in [2.45, 2.75) is 161 Å². The van der Waals surface area contributed by atoms with Gasteiger partial charge >= 0.3 is 0 Å². The third-order valence-electron chi connectivity index (χ3n) is 12.9. The number of benzene rings is 3. The molecule has 394 valence electrons. The largest absolute Gasteiger partial charge is 0.497 e. The van der Waals surface area contributed by atoms with Gasteiger partial charge in [0.25, 0.3) is 8.53 Å². The molecule has 71 heavy (non-hydrogen) atoms. The molecule has 0 saturated carbocycles. The van der Waals surface area contributed by atoms with E-state index in [9.17, 15) is 9.59 Å². The minimum absolute atomic E-state index is 0.0579. The Morgan fingerprint density at radius 2 is 1.25 bits per heavy atom. The summed E-state index contributed by atoms with van der Waals surface area (Å²) in [7, 11) is 1.75. The summed E-state index contributed by atoms with van der Waals surface area (Å²) in [5.74, 6) is 1.31. The van der Waals surface area contributed by atoms with E-state index in [1.807, 2.05) is 71.6 Å². The topological polar surface area (TPSA) is 122 Å². The molecule has 1 unspecified atom stereocenters. The minimum Gasteiger partial charge on any atom is -0.497 e. The van der Waals surface area contributed by atoms with Gasteiger partial charge in [-0.25, -0.2) is 11.2 Å². The fourth-order valence-corrected chi connectivity index (χ4v) is 10.9. The predicted molar refractivity (Wildman–Crippen MR) is 285 cm³/mol. The van der Waals surface area contributed by atoms with Crippen LogP contribution in [0.25, 0.3) is 4.85 Å². The van der Waals surface area contributed by atoms with E-state index in [1.54, 1.807) is 14.2 Å². The molecule has 1 heterocycles. The second-order valence-corrected chi connectivity index (χ2v) is 20.5. The highest BCUT2D eigenvalue weighted by atomic mass is 31.2. The van der Waals surface area contributed by atoms with E-state index in [0.717, 1.165) is 41.0 Å². The molecule has 1 aliphatic rings. The van der Waals surface area contributed by atoms with Crippen LogP contribution in [0.3, 0.4) is 0 Å². The van der Waals surface area contributed by atoms with Crippen molar-refractivity contribution in [3.63, 3.8) is 0 Å². The first kappa shape index (κ1) is 59.4. The highest BCUT2D eigenvalue weighted by Crippen LogP contribution is 2.48.